The van der Waals surface area contributed by atoms with Crippen LogP contribution in [0.15, 0.2) is 69.6 Å². The molecule has 1 aromatic heterocycles. The van der Waals surface area contributed by atoms with Crippen molar-refractivity contribution in [2.24, 2.45) is 0 Å². The van der Waals surface area contributed by atoms with E-state index in [1.165, 1.54) is 0 Å². The number of benzene rings is 2. The average molecular weight is 456 g/mol. The normalized spacial score (nSPS) is 16.1. The molecule has 29 heavy (non-hydrogen) atoms. The average Bonchev–Trinajstić information content (AvgIpc) is 3.42. The second-order valence-corrected chi connectivity index (χ2v) is 7.83. The lowest BCUT2D eigenvalue weighted by molar-refractivity contribution is 0.0699. The quantitative estimate of drug-likeness (QED) is 0.484. The highest BCUT2D eigenvalue weighted by atomic mass is 79.9. The molecule has 1 fully saturated rings. The number of methoxy groups -OCH3 is 1. The summed E-state index contributed by atoms with van der Waals surface area (Å²) in [5.41, 5.74) is 1.14. The fourth-order valence-corrected chi connectivity index (χ4v) is 3.90. The first-order valence-electron chi connectivity index (χ1n) is 9.56. The van der Waals surface area contributed by atoms with Crippen LogP contribution >= 0.6 is 15.9 Å². The van der Waals surface area contributed by atoms with Gasteiger partial charge >= 0.3 is 0 Å². The third kappa shape index (κ3) is 4.32. The van der Waals surface area contributed by atoms with E-state index in [0.717, 1.165) is 29.4 Å². The standard InChI is InChI=1S/C23H22BrNO4/c1-27-20-6-2-3-7-21(20)28-15-18-12-13-22(29-18)23(26)25-14-4-5-19(25)16-8-10-17(24)11-9-16/h2-3,6-13,19H,4-5,14-15H2,1H3. The Bertz CT molecular complexity index is 983. The predicted octanol–water partition coefficient (Wildman–Crippen LogP) is 5.61. The zero-order valence-electron chi connectivity index (χ0n) is 16.1. The summed E-state index contributed by atoms with van der Waals surface area (Å²) in [6.07, 6.45) is 1.94. The van der Waals surface area contributed by atoms with Gasteiger partial charge in [0.15, 0.2) is 17.3 Å². The van der Waals surface area contributed by atoms with Crippen molar-refractivity contribution in [2.75, 3.05) is 13.7 Å². The molecule has 0 spiro atoms. The maximum absolute atomic E-state index is 13.0. The number of hydrogen-bond acceptors (Lipinski definition) is 4. The van der Waals surface area contributed by atoms with Crippen LogP contribution in [0.25, 0.3) is 0 Å². The molecule has 1 saturated heterocycles. The van der Waals surface area contributed by atoms with Gasteiger partial charge in [-0.05, 0) is 54.8 Å². The van der Waals surface area contributed by atoms with E-state index < -0.39 is 0 Å². The molecule has 1 unspecified atom stereocenters. The molecular formula is C23H22BrNO4. The third-order valence-electron chi connectivity index (χ3n) is 5.08. The number of carbonyl (C=O) groups is 1. The molecule has 0 radical (unpaired) electrons. The topological polar surface area (TPSA) is 51.9 Å². The number of likely N-dealkylation sites (tertiary alicyclic amines) is 1. The summed E-state index contributed by atoms with van der Waals surface area (Å²) in [5.74, 6) is 2.14. The van der Waals surface area contributed by atoms with E-state index in [2.05, 4.69) is 28.1 Å². The van der Waals surface area contributed by atoms with Gasteiger partial charge in [0.25, 0.3) is 5.91 Å². The van der Waals surface area contributed by atoms with Crippen molar-refractivity contribution in [1.82, 2.24) is 4.90 Å². The first-order valence-corrected chi connectivity index (χ1v) is 10.4. The SMILES string of the molecule is COc1ccccc1OCc1ccc(C(=O)N2CCCC2c2ccc(Br)cc2)o1. The van der Waals surface area contributed by atoms with Gasteiger partial charge in [-0.25, -0.2) is 0 Å². The number of halogens is 1. The van der Waals surface area contributed by atoms with Gasteiger partial charge < -0.3 is 18.8 Å². The largest absolute Gasteiger partial charge is 0.493 e. The summed E-state index contributed by atoms with van der Waals surface area (Å²) in [6.45, 7) is 0.955. The lowest BCUT2D eigenvalue weighted by Gasteiger charge is -2.24. The Morgan fingerprint density at radius 2 is 1.86 bits per heavy atom. The van der Waals surface area contributed by atoms with Crippen molar-refractivity contribution >= 4 is 21.8 Å². The third-order valence-corrected chi connectivity index (χ3v) is 5.61. The lowest BCUT2D eigenvalue weighted by atomic mass is 10.0. The molecule has 0 saturated carbocycles. The summed E-state index contributed by atoms with van der Waals surface area (Å²) in [6, 6.07) is 19.2. The van der Waals surface area contributed by atoms with E-state index in [1.807, 2.05) is 41.3 Å². The Balaban J connectivity index is 1.44. The van der Waals surface area contributed by atoms with Crippen molar-refractivity contribution < 1.29 is 18.7 Å². The summed E-state index contributed by atoms with van der Waals surface area (Å²) in [5, 5.41) is 0. The van der Waals surface area contributed by atoms with E-state index in [4.69, 9.17) is 13.9 Å². The monoisotopic (exact) mass is 455 g/mol. The minimum Gasteiger partial charge on any atom is -0.493 e. The van der Waals surface area contributed by atoms with Crippen molar-refractivity contribution in [1.29, 1.82) is 0 Å². The fourth-order valence-electron chi connectivity index (χ4n) is 3.64. The molecule has 5 nitrogen and oxygen atoms in total. The van der Waals surface area contributed by atoms with Gasteiger partial charge in [0.1, 0.15) is 12.4 Å². The molecule has 2 aromatic carbocycles. The summed E-state index contributed by atoms with van der Waals surface area (Å²) >= 11 is 3.46. The van der Waals surface area contributed by atoms with Crippen molar-refractivity contribution in [3.8, 4) is 11.5 Å². The van der Waals surface area contributed by atoms with Crippen LogP contribution in [-0.2, 0) is 6.61 Å². The molecule has 1 amide bonds. The predicted molar refractivity (Wildman–Crippen MR) is 113 cm³/mol. The molecule has 6 heteroatoms. The second kappa shape index (κ2) is 8.74. The van der Waals surface area contributed by atoms with Crippen LogP contribution in [0.3, 0.4) is 0 Å². The van der Waals surface area contributed by atoms with Crippen LogP contribution in [0.5, 0.6) is 11.5 Å². The summed E-state index contributed by atoms with van der Waals surface area (Å²) in [7, 11) is 1.60. The van der Waals surface area contributed by atoms with Crippen LogP contribution < -0.4 is 9.47 Å². The molecule has 4 rings (SSSR count). The van der Waals surface area contributed by atoms with Crippen molar-refractivity contribution in [2.45, 2.75) is 25.5 Å². The van der Waals surface area contributed by atoms with Crippen LogP contribution in [-0.4, -0.2) is 24.5 Å². The molecular weight excluding hydrogens is 434 g/mol. The molecule has 1 atom stereocenters. The van der Waals surface area contributed by atoms with Gasteiger partial charge in [-0.2, -0.15) is 0 Å². The molecule has 1 aliphatic rings. The maximum atomic E-state index is 13.0. The van der Waals surface area contributed by atoms with Crippen LogP contribution in [0, 0.1) is 0 Å². The van der Waals surface area contributed by atoms with E-state index in [9.17, 15) is 4.79 Å². The van der Waals surface area contributed by atoms with Gasteiger partial charge in [0.05, 0.1) is 13.2 Å². The fraction of sp³-hybridized carbons (Fsp3) is 0.261. The number of ether oxygens (including phenoxy) is 2. The number of furan rings is 1. The minimum atomic E-state index is -0.0843. The Hall–Kier alpha value is -2.73. The number of carbonyl (C=O) groups excluding carboxylic acids is 1. The van der Waals surface area contributed by atoms with Crippen LogP contribution in [0.1, 0.15) is 40.8 Å². The highest BCUT2D eigenvalue weighted by Gasteiger charge is 2.32. The molecule has 150 valence electrons. The Morgan fingerprint density at radius 1 is 1.10 bits per heavy atom. The highest BCUT2D eigenvalue weighted by molar-refractivity contribution is 9.10. The van der Waals surface area contributed by atoms with Crippen LogP contribution in [0.4, 0.5) is 0 Å². The summed E-state index contributed by atoms with van der Waals surface area (Å²) in [4.78, 5) is 14.9. The number of nitrogens with zero attached hydrogens (tertiary/aromatic N) is 1. The van der Waals surface area contributed by atoms with E-state index >= 15 is 0 Å². The zero-order chi connectivity index (χ0) is 20.2. The maximum Gasteiger partial charge on any atom is 0.290 e. The van der Waals surface area contributed by atoms with Crippen molar-refractivity contribution in [3.05, 3.63) is 82.2 Å². The number of amides is 1. The Kier molecular flexibility index (Phi) is 5.90. The first kappa shape index (κ1) is 19.6. The minimum absolute atomic E-state index is 0.0778. The Morgan fingerprint density at radius 3 is 2.62 bits per heavy atom. The van der Waals surface area contributed by atoms with Crippen molar-refractivity contribution in [3.63, 3.8) is 0 Å². The number of para-hydroxylation sites is 2. The second-order valence-electron chi connectivity index (χ2n) is 6.91. The molecule has 0 bridgehead atoms. The number of hydrogen-bond donors (Lipinski definition) is 0. The number of rotatable bonds is 6. The van der Waals surface area contributed by atoms with Gasteiger partial charge in [-0.1, -0.05) is 40.2 Å². The van der Waals surface area contributed by atoms with Gasteiger partial charge in [-0.3, -0.25) is 4.79 Å². The molecule has 0 aliphatic carbocycles. The van der Waals surface area contributed by atoms with E-state index in [0.29, 0.717) is 23.0 Å². The molecule has 0 N–H and O–H groups in total. The van der Waals surface area contributed by atoms with Gasteiger partial charge in [0, 0.05) is 11.0 Å². The van der Waals surface area contributed by atoms with Gasteiger partial charge in [-0.15, -0.1) is 0 Å². The first-order chi connectivity index (χ1) is 14.2. The molecule has 2 heterocycles. The van der Waals surface area contributed by atoms with E-state index in [1.54, 1.807) is 19.2 Å². The zero-order valence-corrected chi connectivity index (χ0v) is 17.7. The summed E-state index contributed by atoms with van der Waals surface area (Å²) < 4.78 is 17.9. The molecule has 3 aromatic rings. The van der Waals surface area contributed by atoms with Gasteiger partial charge in [0.2, 0.25) is 0 Å². The molecule has 1 aliphatic heterocycles. The van der Waals surface area contributed by atoms with Crippen LogP contribution in [0.2, 0.25) is 0 Å². The lowest BCUT2D eigenvalue weighted by Crippen LogP contribution is -2.30. The highest BCUT2D eigenvalue weighted by Crippen LogP contribution is 2.34. The smallest absolute Gasteiger partial charge is 0.290 e. The van der Waals surface area contributed by atoms with E-state index in [-0.39, 0.29) is 18.6 Å². The Labute approximate surface area is 178 Å².